The van der Waals surface area contributed by atoms with Crippen molar-refractivity contribution in [1.29, 1.82) is 0 Å². The fourth-order valence-corrected chi connectivity index (χ4v) is 0.918. The van der Waals surface area contributed by atoms with Gasteiger partial charge < -0.3 is 4.74 Å². The van der Waals surface area contributed by atoms with Crippen molar-refractivity contribution in [3.8, 4) is 0 Å². The van der Waals surface area contributed by atoms with E-state index >= 15 is 0 Å². The molecule has 0 aromatic rings. The summed E-state index contributed by atoms with van der Waals surface area (Å²) in [6.45, 7) is 5.14. The highest BCUT2D eigenvalue weighted by molar-refractivity contribution is 7.90. The normalized spacial score (nSPS) is 10.9. The average Bonchev–Trinajstić information content (AvgIpc) is 2.00. The van der Waals surface area contributed by atoms with Crippen molar-refractivity contribution >= 4 is 15.8 Å². The molecule has 0 amide bonds. The molecule has 76 valence electrons. The third kappa shape index (κ3) is 6.33. The Hall–Kier alpha value is -0.840. The van der Waals surface area contributed by atoms with Crippen LogP contribution in [0, 0.1) is 0 Å². The minimum atomic E-state index is -3.06. The SMILES string of the molecule is C=C(CC)C(=O)OCCS(C)(=O)=O. The first kappa shape index (κ1) is 12.2. The first-order valence-electron chi connectivity index (χ1n) is 3.89. The second kappa shape index (κ2) is 5.01. The fraction of sp³-hybridized carbons (Fsp3) is 0.625. The van der Waals surface area contributed by atoms with Gasteiger partial charge in [-0.15, -0.1) is 0 Å². The van der Waals surface area contributed by atoms with Crippen LogP contribution in [-0.2, 0) is 19.4 Å². The predicted molar refractivity (Wildman–Crippen MR) is 50.1 cm³/mol. The molecule has 5 heteroatoms. The molecule has 4 nitrogen and oxygen atoms in total. The van der Waals surface area contributed by atoms with Crippen LogP contribution in [0.15, 0.2) is 12.2 Å². The van der Waals surface area contributed by atoms with E-state index in [9.17, 15) is 13.2 Å². The van der Waals surface area contributed by atoms with Crippen molar-refractivity contribution in [1.82, 2.24) is 0 Å². The van der Waals surface area contributed by atoms with Crippen molar-refractivity contribution in [2.75, 3.05) is 18.6 Å². The molecule has 0 heterocycles. The van der Waals surface area contributed by atoms with Crippen LogP contribution >= 0.6 is 0 Å². The van der Waals surface area contributed by atoms with Crippen LogP contribution < -0.4 is 0 Å². The Morgan fingerprint density at radius 1 is 1.46 bits per heavy atom. The summed E-state index contributed by atoms with van der Waals surface area (Å²) in [7, 11) is -3.06. The third-order valence-corrected chi connectivity index (χ3v) is 2.31. The Morgan fingerprint density at radius 2 is 2.00 bits per heavy atom. The monoisotopic (exact) mass is 206 g/mol. The first-order valence-corrected chi connectivity index (χ1v) is 5.95. The minimum absolute atomic E-state index is 0.101. The highest BCUT2D eigenvalue weighted by Gasteiger charge is 2.08. The van der Waals surface area contributed by atoms with E-state index in [2.05, 4.69) is 11.3 Å². The molecule has 0 atom stereocenters. The number of rotatable bonds is 5. The molecule has 0 rings (SSSR count). The molecule has 0 aliphatic rings. The zero-order chi connectivity index (χ0) is 10.5. The third-order valence-electron chi connectivity index (χ3n) is 1.40. The Balaban J connectivity index is 3.79. The topological polar surface area (TPSA) is 60.4 Å². The van der Waals surface area contributed by atoms with Crippen molar-refractivity contribution in [2.24, 2.45) is 0 Å². The summed E-state index contributed by atoms with van der Waals surface area (Å²) in [4.78, 5) is 10.9. The van der Waals surface area contributed by atoms with Gasteiger partial charge in [-0.25, -0.2) is 13.2 Å². The van der Waals surface area contributed by atoms with E-state index in [1.807, 2.05) is 0 Å². The largest absolute Gasteiger partial charge is 0.461 e. The van der Waals surface area contributed by atoms with Gasteiger partial charge in [0, 0.05) is 11.8 Å². The summed E-state index contributed by atoms with van der Waals surface area (Å²) in [5.74, 6) is -0.665. The number of hydrogen-bond donors (Lipinski definition) is 0. The van der Waals surface area contributed by atoms with Crippen LogP contribution in [0.1, 0.15) is 13.3 Å². The molecule has 0 N–H and O–H groups in total. The van der Waals surface area contributed by atoms with Gasteiger partial charge in [0.2, 0.25) is 0 Å². The number of carbonyl (C=O) groups is 1. The number of ether oxygens (including phenoxy) is 1. The maximum atomic E-state index is 10.9. The summed E-state index contributed by atoms with van der Waals surface area (Å²) in [6.07, 6.45) is 1.60. The molecule has 0 saturated carbocycles. The zero-order valence-corrected chi connectivity index (χ0v) is 8.69. The molecule has 0 aliphatic heterocycles. The fourth-order valence-electron chi connectivity index (χ4n) is 0.532. The molecule has 0 saturated heterocycles. The number of carbonyl (C=O) groups excluding carboxylic acids is 1. The highest BCUT2D eigenvalue weighted by Crippen LogP contribution is 1.99. The number of esters is 1. The van der Waals surface area contributed by atoms with E-state index in [1.54, 1.807) is 6.92 Å². The van der Waals surface area contributed by atoms with E-state index in [1.165, 1.54) is 0 Å². The van der Waals surface area contributed by atoms with Crippen LogP contribution in [0.4, 0.5) is 0 Å². The zero-order valence-electron chi connectivity index (χ0n) is 7.87. The second-order valence-electron chi connectivity index (χ2n) is 2.72. The van der Waals surface area contributed by atoms with E-state index in [-0.39, 0.29) is 12.4 Å². The molecule has 0 aliphatic carbocycles. The van der Waals surface area contributed by atoms with Gasteiger partial charge in [0.1, 0.15) is 6.61 Å². The van der Waals surface area contributed by atoms with Gasteiger partial charge in [-0.05, 0) is 6.42 Å². The number of sulfone groups is 1. The van der Waals surface area contributed by atoms with Crippen LogP contribution in [0.25, 0.3) is 0 Å². The standard InChI is InChI=1S/C8H14O4S/c1-4-7(2)8(9)12-5-6-13(3,10)11/h2,4-6H2,1,3H3. The smallest absolute Gasteiger partial charge is 0.333 e. The lowest BCUT2D eigenvalue weighted by molar-refractivity contribution is -0.138. The molecule has 0 bridgehead atoms. The van der Waals surface area contributed by atoms with Crippen LogP contribution in [0.5, 0.6) is 0 Å². The predicted octanol–water partition coefficient (Wildman–Crippen LogP) is 0.540. The second-order valence-corrected chi connectivity index (χ2v) is 4.98. The van der Waals surface area contributed by atoms with Crippen molar-refractivity contribution in [3.63, 3.8) is 0 Å². The van der Waals surface area contributed by atoms with Crippen molar-refractivity contribution in [2.45, 2.75) is 13.3 Å². The van der Waals surface area contributed by atoms with Crippen molar-refractivity contribution in [3.05, 3.63) is 12.2 Å². The van der Waals surface area contributed by atoms with Gasteiger partial charge in [0.15, 0.2) is 9.84 Å². The quantitative estimate of drug-likeness (QED) is 0.486. The van der Waals surface area contributed by atoms with Gasteiger partial charge in [-0.1, -0.05) is 13.5 Å². The molecule has 13 heavy (non-hydrogen) atoms. The Kier molecular flexibility index (Phi) is 4.69. The summed E-state index contributed by atoms with van der Waals surface area (Å²) in [6, 6.07) is 0. The van der Waals surface area contributed by atoms with Crippen LogP contribution in [-0.4, -0.2) is 33.0 Å². The summed E-state index contributed by atoms with van der Waals surface area (Å²) < 4.78 is 25.9. The van der Waals surface area contributed by atoms with Crippen molar-refractivity contribution < 1.29 is 17.9 Å². The molecule has 0 aromatic heterocycles. The summed E-state index contributed by atoms with van der Waals surface area (Å²) in [5, 5.41) is 0. The van der Waals surface area contributed by atoms with Gasteiger partial charge in [0.05, 0.1) is 5.75 Å². The van der Waals surface area contributed by atoms with Crippen LogP contribution in [0.3, 0.4) is 0 Å². The molecule has 0 unspecified atom stereocenters. The van der Waals surface area contributed by atoms with Gasteiger partial charge in [-0.2, -0.15) is 0 Å². The van der Waals surface area contributed by atoms with Gasteiger partial charge in [0.25, 0.3) is 0 Å². The Bertz CT molecular complexity index is 289. The minimum Gasteiger partial charge on any atom is -0.461 e. The average molecular weight is 206 g/mol. The molecular weight excluding hydrogens is 192 g/mol. The summed E-state index contributed by atoms with van der Waals surface area (Å²) in [5.41, 5.74) is 0.355. The molecule has 0 spiro atoms. The maximum Gasteiger partial charge on any atom is 0.333 e. The lowest BCUT2D eigenvalue weighted by atomic mass is 10.2. The van der Waals surface area contributed by atoms with Crippen LogP contribution in [0.2, 0.25) is 0 Å². The van der Waals surface area contributed by atoms with Gasteiger partial charge >= 0.3 is 5.97 Å². The van der Waals surface area contributed by atoms with Gasteiger partial charge in [-0.3, -0.25) is 0 Å². The lowest BCUT2D eigenvalue weighted by Gasteiger charge is -2.03. The molecule has 0 fully saturated rings. The molecule has 0 aromatic carbocycles. The summed E-state index contributed by atoms with van der Waals surface area (Å²) >= 11 is 0. The maximum absolute atomic E-state index is 10.9. The lowest BCUT2D eigenvalue weighted by Crippen LogP contribution is -2.14. The van der Waals surface area contributed by atoms with E-state index in [0.717, 1.165) is 6.26 Å². The van der Waals surface area contributed by atoms with E-state index < -0.39 is 15.8 Å². The van der Waals surface area contributed by atoms with E-state index in [0.29, 0.717) is 12.0 Å². The number of hydrogen-bond acceptors (Lipinski definition) is 4. The Labute approximate surface area is 78.5 Å². The molecule has 0 radical (unpaired) electrons. The highest BCUT2D eigenvalue weighted by atomic mass is 32.2. The van der Waals surface area contributed by atoms with E-state index in [4.69, 9.17) is 0 Å². The first-order chi connectivity index (χ1) is 5.87. The Morgan fingerprint density at radius 3 is 2.38 bits per heavy atom. The molecular formula is C8H14O4S.